The Hall–Kier alpha value is -4.13. The van der Waals surface area contributed by atoms with Gasteiger partial charge >= 0.3 is 0 Å². The summed E-state index contributed by atoms with van der Waals surface area (Å²) in [4.78, 5) is 24.4. The Morgan fingerprint density at radius 1 is 0.897 bits per heavy atom. The maximum absolute atomic E-state index is 12.2. The second-order valence-electron chi connectivity index (χ2n) is 6.47. The summed E-state index contributed by atoms with van der Waals surface area (Å²) >= 11 is 0. The fraction of sp³-hybridized carbons (Fsp3) is 0.0455. The van der Waals surface area contributed by atoms with E-state index >= 15 is 0 Å². The Kier molecular flexibility index (Phi) is 5.20. The third-order valence-corrected chi connectivity index (χ3v) is 4.41. The molecule has 7 heteroatoms. The fourth-order valence-corrected chi connectivity index (χ4v) is 2.91. The van der Waals surface area contributed by atoms with Crippen LogP contribution in [0.2, 0.25) is 0 Å². The molecule has 2 aromatic carbocycles. The summed E-state index contributed by atoms with van der Waals surface area (Å²) in [5.41, 5.74) is 8.52. The second-order valence-corrected chi connectivity index (χ2v) is 6.47. The van der Waals surface area contributed by atoms with Crippen molar-refractivity contribution in [3.05, 3.63) is 96.4 Å². The van der Waals surface area contributed by atoms with Crippen molar-refractivity contribution < 1.29 is 9.59 Å². The molecule has 2 aromatic heterocycles. The number of hydrogen-bond donors (Lipinski definition) is 3. The van der Waals surface area contributed by atoms with Gasteiger partial charge < -0.3 is 4.57 Å². The number of carbonyl (C=O) groups is 2. The van der Waals surface area contributed by atoms with Crippen LogP contribution in [-0.2, 0) is 11.2 Å². The van der Waals surface area contributed by atoms with E-state index in [1.165, 1.54) is 0 Å². The first-order valence-corrected chi connectivity index (χ1v) is 9.11. The van der Waals surface area contributed by atoms with Crippen molar-refractivity contribution in [2.75, 3.05) is 0 Å². The molecule has 0 saturated heterocycles. The molecule has 3 N–H and O–H groups in total. The van der Waals surface area contributed by atoms with Crippen LogP contribution in [0.5, 0.6) is 0 Å². The van der Waals surface area contributed by atoms with Crippen molar-refractivity contribution >= 4 is 11.8 Å². The van der Waals surface area contributed by atoms with E-state index < -0.39 is 5.91 Å². The number of rotatable bonds is 5. The standard InChI is InChI=1S/C22H19N5O2/c28-21(14-16-8-10-18(11-9-16)27-12-4-5-13-27)25-26-22(29)20-15-19(23-24-20)17-6-2-1-3-7-17/h1-13,15H,14H2,(H,23,24)(H,25,28)(H,26,29). The van der Waals surface area contributed by atoms with Crippen molar-refractivity contribution in [3.63, 3.8) is 0 Å². The molecule has 0 fully saturated rings. The van der Waals surface area contributed by atoms with E-state index in [0.29, 0.717) is 5.69 Å². The summed E-state index contributed by atoms with van der Waals surface area (Å²) < 4.78 is 1.98. The number of benzene rings is 2. The number of aromatic amines is 1. The van der Waals surface area contributed by atoms with Crippen LogP contribution in [0, 0.1) is 0 Å². The molecule has 0 saturated carbocycles. The van der Waals surface area contributed by atoms with Gasteiger partial charge in [0.1, 0.15) is 5.69 Å². The van der Waals surface area contributed by atoms with Crippen LogP contribution in [0.4, 0.5) is 0 Å². The van der Waals surface area contributed by atoms with Gasteiger partial charge in [-0.15, -0.1) is 0 Å². The third-order valence-electron chi connectivity index (χ3n) is 4.41. The highest BCUT2D eigenvalue weighted by molar-refractivity contribution is 5.94. The molecular formula is C22H19N5O2. The maximum Gasteiger partial charge on any atom is 0.287 e. The van der Waals surface area contributed by atoms with Gasteiger partial charge in [0, 0.05) is 23.6 Å². The van der Waals surface area contributed by atoms with Crippen LogP contribution >= 0.6 is 0 Å². The van der Waals surface area contributed by atoms with Crippen LogP contribution in [0.25, 0.3) is 16.9 Å². The van der Waals surface area contributed by atoms with Crippen LogP contribution < -0.4 is 10.9 Å². The van der Waals surface area contributed by atoms with E-state index in [2.05, 4.69) is 21.0 Å². The smallest absolute Gasteiger partial charge is 0.287 e. The number of H-pyrrole nitrogens is 1. The lowest BCUT2D eigenvalue weighted by Crippen LogP contribution is -2.42. The predicted molar refractivity (Wildman–Crippen MR) is 109 cm³/mol. The minimum Gasteiger partial charge on any atom is -0.324 e. The fourth-order valence-electron chi connectivity index (χ4n) is 2.91. The minimum absolute atomic E-state index is 0.157. The van der Waals surface area contributed by atoms with Crippen molar-refractivity contribution in [1.29, 1.82) is 0 Å². The third kappa shape index (κ3) is 4.41. The molecule has 2 amide bonds. The average molecular weight is 385 g/mol. The maximum atomic E-state index is 12.2. The quantitative estimate of drug-likeness (QED) is 0.461. The van der Waals surface area contributed by atoms with Crippen molar-refractivity contribution in [2.45, 2.75) is 6.42 Å². The molecule has 0 radical (unpaired) electrons. The van der Waals surface area contributed by atoms with E-state index in [0.717, 1.165) is 16.8 Å². The molecule has 0 unspecified atom stereocenters. The molecule has 7 nitrogen and oxygen atoms in total. The van der Waals surface area contributed by atoms with Gasteiger partial charge in [0.25, 0.3) is 5.91 Å². The zero-order valence-corrected chi connectivity index (χ0v) is 15.5. The van der Waals surface area contributed by atoms with Crippen LogP contribution in [0.3, 0.4) is 0 Å². The normalized spacial score (nSPS) is 10.5. The van der Waals surface area contributed by atoms with E-state index in [9.17, 15) is 9.59 Å². The average Bonchev–Trinajstić information content (AvgIpc) is 3.46. The predicted octanol–water partition coefficient (Wildman–Crippen LogP) is 2.87. The molecule has 4 rings (SSSR count). The zero-order chi connectivity index (χ0) is 20.1. The van der Waals surface area contributed by atoms with E-state index in [4.69, 9.17) is 0 Å². The van der Waals surface area contributed by atoms with Gasteiger partial charge in [-0.2, -0.15) is 5.10 Å². The Morgan fingerprint density at radius 2 is 1.62 bits per heavy atom. The first kappa shape index (κ1) is 18.2. The lowest BCUT2D eigenvalue weighted by atomic mass is 10.1. The van der Waals surface area contributed by atoms with Gasteiger partial charge in [0.05, 0.1) is 12.1 Å². The highest BCUT2D eigenvalue weighted by Crippen LogP contribution is 2.16. The Bertz CT molecular complexity index is 1100. The number of hydrogen-bond acceptors (Lipinski definition) is 3. The highest BCUT2D eigenvalue weighted by atomic mass is 16.2. The summed E-state index contributed by atoms with van der Waals surface area (Å²) in [6, 6.07) is 22.7. The molecule has 0 aliphatic carbocycles. The molecule has 2 heterocycles. The first-order valence-electron chi connectivity index (χ1n) is 9.11. The number of amides is 2. The molecule has 4 aromatic rings. The second kappa shape index (κ2) is 8.26. The minimum atomic E-state index is -0.462. The molecular weight excluding hydrogens is 366 g/mol. The van der Waals surface area contributed by atoms with Gasteiger partial charge in [-0.25, -0.2) is 0 Å². The summed E-state index contributed by atoms with van der Waals surface area (Å²) in [5.74, 6) is -0.772. The molecule has 29 heavy (non-hydrogen) atoms. The van der Waals surface area contributed by atoms with E-state index in [1.54, 1.807) is 6.07 Å². The summed E-state index contributed by atoms with van der Waals surface area (Å²) in [5, 5.41) is 6.81. The van der Waals surface area contributed by atoms with Crippen molar-refractivity contribution in [2.24, 2.45) is 0 Å². The number of aromatic nitrogens is 3. The van der Waals surface area contributed by atoms with E-state index in [-0.39, 0.29) is 18.0 Å². The number of hydrazine groups is 1. The molecule has 0 bridgehead atoms. The number of carbonyl (C=O) groups excluding carboxylic acids is 2. The van der Waals surface area contributed by atoms with Crippen LogP contribution in [0.15, 0.2) is 85.2 Å². The Labute approximate surface area is 167 Å². The summed E-state index contributed by atoms with van der Waals surface area (Å²) in [6.07, 6.45) is 4.07. The van der Waals surface area contributed by atoms with Gasteiger partial charge in [0.2, 0.25) is 5.91 Å². The van der Waals surface area contributed by atoms with Gasteiger partial charge in [0.15, 0.2) is 0 Å². The molecule has 0 spiro atoms. The molecule has 144 valence electrons. The summed E-state index contributed by atoms with van der Waals surface area (Å²) in [7, 11) is 0. The molecule has 0 atom stereocenters. The zero-order valence-electron chi connectivity index (χ0n) is 15.5. The topological polar surface area (TPSA) is 91.8 Å². The Balaban J connectivity index is 1.30. The number of nitrogens with zero attached hydrogens (tertiary/aromatic N) is 2. The van der Waals surface area contributed by atoms with Gasteiger partial charge in [-0.05, 0) is 35.9 Å². The van der Waals surface area contributed by atoms with Crippen LogP contribution in [0.1, 0.15) is 16.1 Å². The van der Waals surface area contributed by atoms with Gasteiger partial charge in [-0.3, -0.25) is 25.5 Å². The first-order chi connectivity index (χ1) is 14.2. The summed E-state index contributed by atoms with van der Waals surface area (Å²) in [6.45, 7) is 0. The molecule has 0 aliphatic rings. The largest absolute Gasteiger partial charge is 0.324 e. The van der Waals surface area contributed by atoms with Crippen LogP contribution in [-0.4, -0.2) is 26.6 Å². The molecule has 0 aliphatic heterocycles. The lowest BCUT2D eigenvalue weighted by Gasteiger charge is -2.07. The monoisotopic (exact) mass is 385 g/mol. The van der Waals surface area contributed by atoms with E-state index in [1.807, 2.05) is 83.7 Å². The van der Waals surface area contributed by atoms with Crippen molar-refractivity contribution in [1.82, 2.24) is 25.6 Å². The number of nitrogens with one attached hydrogen (secondary N) is 3. The SMILES string of the molecule is O=C(Cc1ccc(-n2cccc2)cc1)NNC(=O)c1cc(-c2ccccc2)n[nH]1. The Morgan fingerprint density at radius 3 is 2.34 bits per heavy atom. The van der Waals surface area contributed by atoms with Gasteiger partial charge in [-0.1, -0.05) is 42.5 Å². The highest BCUT2D eigenvalue weighted by Gasteiger charge is 2.12. The van der Waals surface area contributed by atoms with Crippen molar-refractivity contribution in [3.8, 4) is 16.9 Å². The lowest BCUT2D eigenvalue weighted by molar-refractivity contribution is -0.121.